The summed E-state index contributed by atoms with van der Waals surface area (Å²) in [5.74, 6) is 3.38. The Balaban J connectivity index is 1.49. The quantitative estimate of drug-likeness (QED) is 0.408. The van der Waals surface area contributed by atoms with Crippen molar-refractivity contribution in [1.82, 2.24) is 0 Å². The molecule has 2 aliphatic rings. The Bertz CT molecular complexity index is 562. The van der Waals surface area contributed by atoms with Crippen molar-refractivity contribution in [2.45, 2.75) is 84.5 Å². The minimum atomic E-state index is 0.000407. The van der Waals surface area contributed by atoms with E-state index in [0.717, 1.165) is 37.0 Å². The Morgan fingerprint density at radius 3 is 2.42 bits per heavy atom. The van der Waals surface area contributed by atoms with Crippen molar-refractivity contribution in [3.05, 3.63) is 29.8 Å². The zero-order chi connectivity index (χ0) is 18.4. The van der Waals surface area contributed by atoms with Gasteiger partial charge in [0.15, 0.2) is 0 Å². The van der Waals surface area contributed by atoms with E-state index in [0.29, 0.717) is 5.75 Å². The SMILES string of the molecule is CCCCc1ccc(OC(=O)[C@@H]2CC[C@@H]3CC(CCC)CCC3C2)cc1. The second kappa shape index (κ2) is 9.58. The number of esters is 1. The summed E-state index contributed by atoms with van der Waals surface area (Å²) in [5, 5.41) is 0. The third kappa shape index (κ3) is 5.11. The van der Waals surface area contributed by atoms with Gasteiger partial charge in [0.1, 0.15) is 5.75 Å². The van der Waals surface area contributed by atoms with Crippen LogP contribution in [-0.2, 0) is 11.2 Å². The van der Waals surface area contributed by atoms with E-state index in [2.05, 4.69) is 26.0 Å². The van der Waals surface area contributed by atoms with Crippen molar-refractivity contribution in [3.8, 4) is 5.75 Å². The van der Waals surface area contributed by atoms with Crippen LogP contribution in [0, 0.1) is 23.7 Å². The molecule has 0 radical (unpaired) electrons. The molecule has 3 rings (SSSR count). The molecule has 2 unspecified atom stereocenters. The number of rotatable bonds is 7. The van der Waals surface area contributed by atoms with E-state index in [4.69, 9.17) is 4.74 Å². The summed E-state index contributed by atoms with van der Waals surface area (Å²) >= 11 is 0. The van der Waals surface area contributed by atoms with Crippen LogP contribution in [0.4, 0.5) is 0 Å². The standard InChI is InChI=1S/C24H36O2/c1-3-5-7-18-9-14-23(15-10-18)26-24(25)22-13-12-20-16-19(6-4-2)8-11-21(20)17-22/h9-10,14-15,19-22H,3-8,11-13,16-17H2,1-2H3/t19?,20-,21?,22-/m1/s1. The van der Waals surface area contributed by atoms with Crippen LogP contribution in [0.5, 0.6) is 5.75 Å². The number of hydrogen-bond donors (Lipinski definition) is 0. The molecule has 0 N–H and O–H groups in total. The predicted molar refractivity (Wildman–Crippen MR) is 107 cm³/mol. The van der Waals surface area contributed by atoms with Crippen LogP contribution in [0.3, 0.4) is 0 Å². The first-order valence-electron chi connectivity index (χ1n) is 11.0. The van der Waals surface area contributed by atoms with Crippen LogP contribution in [0.2, 0.25) is 0 Å². The van der Waals surface area contributed by atoms with Crippen molar-refractivity contribution < 1.29 is 9.53 Å². The lowest BCUT2D eigenvalue weighted by molar-refractivity contribution is -0.141. The number of carbonyl (C=O) groups excluding carboxylic acids is 1. The summed E-state index contributed by atoms with van der Waals surface area (Å²) in [4.78, 5) is 12.6. The lowest BCUT2D eigenvalue weighted by Gasteiger charge is -2.41. The fourth-order valence-corrected chi connectivity index (χ4v) is 5.18. The molecule has 2 aliphatic carbocycles. The van der Waals surface area contributed by atoms with Crippen LogP contribution < -0.4 is 4.74 Å². The maximum atomic E-state index is 12.6. The van der Waals surface area contributed by atoms with Gasteiger partial charge in [-0.25, -0.2) is 0 Å². The number of hydrogen-bond acceptors (Lipinski definition) is 2. The van der Waals surface area contributed by atoms with Gasteiger partial charge in [0, 0.05) is 0 Å². The monoisotopic (exact) mass is 356 g/mol. The van der Waals surface area contributed by atoms with Crippen LogP contribution in [-0.4, -0.2) is 5.97 Å². The minimum Gasteiger partial charge on any atom is -0.426 e. The number of ether oxygens (including phenoxy) is 1. The minimum absolute atomic E-state index is 0.000407. The summed E-state index contributed by atoms with van der Waals surface area (Å²) in [6.07, 6.45) is 13.6. The molecule has 0 saturated heterocycles. The van der Waals surface area contributed by atoms with E-state index in [-0.39, 0.29) is 11.9 Å². The van der Waals surface area contributed by atoms with Crippen LogP contribution >= 0.6 is 0 Å². The Morgan fingerprint density at radius 2 is 1.69 bits per heavy atom. The van der Waals surface area contributed by atoms with Gasteiger partial charge in [0.05, 0.1) is 5.92 Å². The molecule has 1 aromatic rings. The summed E-state index contributed by atoms with van der Waals surface area (Å²) in [5.41, 5.74) is 1.33. The van der Waals surface area contributed by atoms with Gasteiger partial charge in [-0.1, -0.05) is 51.7 Å². The molecule has 144 valence electrons. The van der Waals surface area contributed by atoms with E-state index in [1.807, 2.05) is 12.1 Å². The zero-order valence-corrected chi connectivity index (χ0v) is 16.7. The smallest absolute Gasteiger partial charge is 0.314 e. The largest absolute Gasteiger partial charge is 0.426 e. The van der Waals surface area contributed by atoms with Crippen molar-refractivity contribution >= 4 is 5.97 Å². The van der Waals surface area contributed by atoms with Crippen LogP contribution in [0.15, 0.2) is 24.3 Å². The van der Waals surface area contributed by atoms with Crippen LogP contribution in [0.25, 0.3) is 0 Å². The van der Waals surface area contributed by atoms with Gasteiger partial charge < -0.3 is 4.74 Å². The highest BCUT2D eigenvalue weighted by Gasteiger charge is 2.38. The van der Waals surface area contributed by atoms with Gasteiger partial charge in [0.25, 0.3) is 0 Å². The third-order valence-electron chi connectivity index (χ3n) is 6.71. The van der Waals surface area contributed by atoms with Gasteiger partial charge in [-0.15, -0.1) is 0 Å². The number of benzene rings is 1. The third-order valence-corrected chi connectivity index (χ3v) is 6.71. The molecule has 0 heterocycles. The highest BCUT2D eigenvalue weighted by molar-refractivity contribution is 5.75. The van der Waals surface area contributed by atoms with Crippen molar-refractivity contribution in [2.24, 2.45) is 23.7 Å². The van der Waals surface area contributed by atoms with Gasteiger partial charge in [0.2, 0.25) is 0 Å². The zero-order valence-electron chi connectivity index (χ0n) is 16.7. The molecule has 0 spiro atoms. The average Bonchev–Trinajstić information content (AvgIpc) is 2.67. The fourth-order valence-electron chi connectivity index (χ4n) is 5.18. The van der Waals surface area contributed by atoms with Crippen molar-refractivity contribution in [2.75, 3.05) is 0 Å². The Labute approximate surface area is 159 Å². The molecule has 1 aromatic carbocycles. The lowest BCUT2D eigenvalue weighted by Crippen LogP contribution is -2.35. The van der Waals surface area contributed by atoms with E-state index in [9.17, 15) is 4.79 Å². The number of aryl methyl sites for hydroxylation is 1. The Morgan fingerprint density at radius 1 is 0.962 bits per heavy atom. The van der Waals surface area contributed by atoms with E-state index >= 15 is 0 Å². The summed E-state index contributed by atoms with van der Waals surface area (Å²) in [6.45, 7) is 4.51. The molecule has 0 aromatic heterocycles. The first-order valence-corrected chi connectivity index (χ1v) is 11.0. The first-order chi connectivity index (χ1) is 12.7. The molecule has 2 saturated carbocycles. The van der Waals surface area contributed by atoms with Crippen molar-refractivity contribution in [1.29, 1.82) is 0 Å². The van der Waals surface area contributed by atoms with Gasteiger partial charge in [-0.05, 0) is 80.4 Å². The lowest BCUT2D eigenvalue weighted by atomic mass is 9.64. The molecule has 0 aliphatic heterocycles. The summed E-state index contributed by atoms with van der Waals surface area (Å²) in [6, 6.07) is 8.13. The average molecular weight is 357 g/mol. The van der Waals surface area contributed by atoms with E-state index in [1.165, 1.54) is 56.9 Å². The van der Waals surface area contributed by atoms with Crippen molar-refractivity contribution in [3.63, 3.8) is 0 Å². The fraction of sp³-hybridized carbons (Fsp3) is 0.708. The maximum absolute atomic E-state index is 12.6. The predicted octanol–water partition coefficient (Wildman–Crippen LogP) is 6.57. The normalized spacial score (nSPS) is 28.4. The molecule has 0 bridgehead atoms. The highest BCUT2D eigenvalue weighted by atomic mass is 16.5. The molecule has 2 heteroatoms. The second-order valence-corrected chi connectivity index (χ2v) is 8.67. The molecular weight excluding hydrogens is 320 g/mol. The molecule has 4 atom stereocenters. The van der Waals surface area contributed by atoms with Gasteiger partial charge >= 0.3 is 5.97 Å². The Kier molecular flexibility index (Phi) is 7.16. The molecule has 2 fully saturated rings. The number of fused-ring (bicyclic) bond motifs is 1. The molecule has 26 heavy (non-hydrogen) atoms. The van der Waals surface area contributed by atoms with E-state index in [1.54, 1.807) is 0 Å². The van der Waals surface area contributed by atoms with Crippen LogP contribution in [0.1, 0.15) is 83.6 Å². The van der Waals surface area contributed by atoms with E-state index < -0.39 is 0 Å². The highest BCUT2D eigenvalue weighted by Crippen LogP contribution is 2.45. The second-order valence-electron chi connectivity index (χ2n) is 8.67. The molecular formula is C24H36O2. The topological polar surface area (TPSA) is 26.3 Å². The van der Waals surface area contributed by atoms with Gasteiger partial charge in [-0.3, -0.25) is 4.79 Å². The van der Waals surface area contributed by atoms with Gasteiger partial charge in [-0.2, -0.15) is 0 Å². The number of carbonyl (C=O) groups is 1. The molecule has 0 amide bonds. The number of unbranched alkanes of at least 4 members (excludes halogenated alkanes) is 1. The molecule has 2 nitrogen and oxygen atoms in total. The first kappa shape index (κ1) is 19.5. The summed E-state index contributed by atoms with van der Waals surface area (Å²) in [7, 11) is 0. The Hall–Kier alpha value is -1.31. The summed E-state index contributed by atoms with van der Waals surface area (Å²) < 4.78 is 5.71. The maximum Gasteiger partial charge on any atom is 0.314 e.